The van der Waals surface area contributed by atoms with Gasteiger partial charge in [0, 0.05) is 25.1 Å². The van der Waals surface area contributed by atoms with Crippen molar-refractivity contribution in [2.75, 3.05) is 13.2 Å². The average Bonchev–Trinajstić information content (AvgIpc) is 3.05. The molecule has 0 spiro atoms. The van der Waals surface area contributed by atoms with Crippen molar-refractivity contribution < 1.29 is 4.74 Å². The van der Waals surface area contributed by atoms with Gasteiger partial charge in [-0.3, -0.25) is 0 Å². The smallest absolute Gasteiger partial charge is 0.0647 e. The minimum atomic E-state index is 0.538. The van der Waals surface area contributed by atoms with E-state index in [1.54, 1.807) is 0 Å². The van der Waals surface area contributed by atoms with Crippen molar-refractivity contribution in [3.8, 4) is 0 Å². The third kappa shape index (κ3) is 2.49. The molecule has 2 heteroatoms. The summed E-state index contributed by atoms with van der Waals surface area (Å²) in [6.45, 7) is 2.18. The molecular weight excluding hydrogens is 198 g/mol. The van der Waals surface area contributed by atoms with E-state index < -0.39 is 0 Å². The first-order chi connectivity index (χ1) is 7.93. The molecule has 1 aliphatic heterocycles. The highest BCUT2D eigenvalue weighted by Crippen LogP contribution is 2.33. The van der Waals surface area contributed by atoms with Crippen LogP contribution in [0.2, 0.25) is 0 Å². The second kappa shape index (κ2) is 4.89. The van der Waals surface area contributed by atoms with Gasteiger partial charge in [-0.1, -0.05) is 12.2 Å². The predicted molar refractivity (Wildman–Crippen MR) is 65.4 cm³/mol. The molecule has 0 radical (unpaired) electrons. The van der Waals surface area contributed by atoms with Crippen LogP contribution in [-0.4, -0.2) is 25.3 Å². The van der Waals surface area contributed by atoms with Gasteiger partial charge in [-0.2, -0.15) is 0 Å². The highest BCUT2D eigenvalue weighted by atomic mass is 16.5. The SMILES string of the molecule is C1=CCC(C2OCCC2CNC2CC2)CC1. The quantitative estimate of drug-likeness (QED) is 0.736. The number of rotatable bonds is 4. The van der Waals surface area contributed by atoms with Crippen LogP contribution in [0.15, 0.2) is 12.2 Å². The molecule has 1 heterocycles. The third-order valence-electron chi connectivity index (χ3n) is 4.28. The normalized spacial score (nSPS) is 39.1. The van der Waals surface area contributed by atoms with Crippen LogP contribution in [0.3, 0.4) is 0 Å². The van der Waals surface area contributed by atoms with Crippen LogP contribution in [0.25, 0.3) is 0 Å². The van der Waals surface area contributed by atoms with Gasteiger partial charge in [0.1, 0.15) is 0 Å². The number of ether oxygens (including phenoxy) is 1. The van der Waals surface area contributed by atoms with Gasteiger partial charge >= 0.3 is 0 Å². The first kappa shape index (κ1) is 10.8. The molecule has 2 fully saturated rings. The maximum Gasteiger partial charge on any atom is 0.0647 e. The minimum Gasteiger partial charge on any atom is -0.378 e. The van der Waals surface area contributed by atoms with E-state index >= 15 is 0 Å². The van der Waals surface area contributed by atoms with Crippen molar-refractivity contribution in [3.05, 3.63) is 12.2 Å². The Morgan fingerprint density at radius 3 is 2.81 bits per heavy atom. The highest BCUT2D eigenvalue weighted by molar-refractivity contribution is 4.96. The first-order valence-electron chi connectivity index (χ1n) is 6.93. The van der Waals surface area contributed by atoms with Crippen molar-refractivity contribution in [2.45, 2.75) is 50.7 Å². The first-order valence-corrected chi connectivity index (χ1v) is 6.93. The summed E-state index contributed by atoms with van der Waals surface area (Å²) in [4.78, 5) is 0. The standard InChI is InChI=1S/C14H23NO/c1-2-4-11(5-3-1)14-12(8-9-16-14)10-15-13-6-7-13/h1-2,11-15H,3-10H2. The van der Waals surface area contributed by atoms with Gasteiger partial charge in [-0.15, -0.1) is 0 Å². The Hall–Kier alpha value is -0.340. The number of hydrogen-bond acceptors (Lipinski definition) is 2. The second-order valence-electron chi connectivity index (χ2n) is 5.61. The lowest BCUT2D eigenvalue weighted by Gasteiger charge is -2.28. The Balaban J connectivity index is 1.52. The molecular formula is C14H23NO. The maximum absolute atomic E-state index is 5.98. The fourth-order valence-electron chi connectivity index (χ4n) is 3.12. The predicted octanol–water partition coefficient (Wildman–Crippen LogP) is 2.50. The molecule has 2 nitrogen and oxygen atoms in total. The lowest BCUT2D eigenvalue weighted by molar-refractivity contribution is 0.0378. The van der Waals surface area contributed by atoms with Gasteiger partial charge in [0.25, 0.3) is 0 Å². The highest BCUT2D eigenvalue weighted by Gasteiger charge is 2.35. The molecule has 0 amide bonds. The van der Waals surface area contributed by atoms with E-state index in [9.17, 15) is 0 Å². The zero-order valence-corrected chi connectivity index (χ0v) is 10.0. The van der Waals surface area contributed by atoms with E-state index in [4.69, 9.17) is 4.74 Å². The molecule has 3 unspecified atom stereocenters. The molecule has 0 aromatic heterocycles. The van der Waals surface area contributed by atoms with Gasteiger partial charge in [-0.25, -0.2) is 0 Å². The summed E-state index contributed by atoms with van der Waals surface area (Å²) in [5.74, 6) is 1.57. The minimum absolute atomic E-state index is 0.538. The van der Waals surface area contributed by atoms with Gasteiger partial charge in [0.05, 0.1) is 6.10 Å². The maximum atomic E-state index is 5.98. The van der Waals surface area contributed by atoms with Gasteiger partial charge in [0.15, 0.2) is 0 Å². The second-order valence-corrected chi connectivity index (χ2v) is 5.61. The van der Waals surface area contributed by atoms with Crippen molar-refractivity contribution in [1.82, 2.24) is 5.32 Å². The average molecular weight is 221 g/mol. The molecule has 1 saturated carbocycles. The summed E-state index contributed by atoms with van der Waals surface area (Å²) in [5.41, 5.74) is 0. The summed E-state index contributed by atoms with van der Waals surface area (Å²) < 4.78 is 5.98. The molecule has 1 saturated heterocycles. The van der Waals surface area contributed by atoms with Crippen LogP contribution >= 0.6 is 0 Å². The third-order valence-corrected chi connectivity index (χ3v) is 4.28. The van der Waals surface area contributed by atoms with Gasteiger partial charge in [-0.05, 0) is 44.4 Å². The van der Waals surface area contributed by atoms with E-state index in [-0.39, 0.29) is 0 Å². The van der Waals surface area contributed by atoms with Crippen LogP contribution in [0.4, 0.5) is 0 Å². The molecule has 3 aliphatic rings. The summed E-state index contributed by atoms with van der Waals surface area (Å²) in [7, 11) is 0. The summed E-state index contributed by atoms with van der Waals surface area (Å²) in [5, 5.41) is 3.67. The molecule has 3 rings (SSSR count). The lowest BCUT2D eigenvalue weighted by Crippen LogP contribution is -2.34. The largest absolute Gasteiger partial charge is 0.378 e. The molecule has 3 atom stereocenters. The van der Waals surface area contributed by atoms with Gasteiger partial charge in [0.2, 0.25) is 0 Å². The molecule has 1 N–H and O–H groups in total. The monoisotopic (exact) mass is 221 g/mol. The van der Waals surface area contributed by atoms with Crippen LogP contribution in [0.1, 0.15) is 38.5 Å². The molecule has 0 bridgehead atoms. The van der Waals surface area contributed by atoms with E-state index in [1.165, 1.54) is 45.1 Å². The Morgan fingerprint density at radius 1 is 1.12 bits per heavy atom. The molecule has 16 heavy (non-hydrogen) atoms. The molecule has 0 aromatic rings. The van der Waals surface area contributed by atoms with E-state index in [0.717, 1.165) is 24.5 Å². The molecule has 0 aromatic carbocycles. The topological polar surface area (TPSA) is 21.3 Å². The number of nitrogens with one attached hydrogen (secondary N) is 1. The van der Waals surface area contributed by atoms with Crippen molar-refractivity contribution in [1.29, 1.82) is 0 Å². The summed E-state index contributed by atoms with van der Waals surface area (Å²) in [6.07, 6.45) is 13.1. The zero-order chi connectivity index (χ0) is 10.8. The van der Waals surface area contributed by atoms with Crippen LogP contribution in [-0.2, 0) is 4.74 Å². The Morgan fingerprint density at radius 2 is 2.06 bits per heavy atom. The van der Waals surface area contributed by atoms with E-state index in [0.29, 0.717) is 6.10 Å². The Labute approximate surface area is 98.4 Å². The van der Waals surface area contributed by atoms with Crippen molar-refractivity contribution in [2.24, 2.45) is 11.8 Å². The summed E-state index contributed by atoms with van der Waals surface area (Å²) >= 11 is 0. The van der Waals surface area contributed by atoms with Crippen LogP contribution in [0, 0.1) is 11.8 Å². The number of allylic oxidation sites excluding steroid dienone is 2. The Kier molecular flexibility index (Phi) is 3.30. The van der Waals surface area contributed by atoms with E-state index in [1.807, 2.05) is 0 Å². The van der Waals surface area contributed by atoms with Crippen molar-refractivity contribution in [3.63, 3.8) is 0 Å². The fraction of sp³-hybridized carbons (Fsp3) is 0.857. The zero-order valence-electron chi connectivity index (χ0n) is 10.0. The molecule has 2 aliphatic carbocycles. The van der Waals surface area contributed by atoms with E-state index in [2.05, 4.69) is 17.5 Å². The van der Waals surface area contributed by atoms with Crippen LogP contribution in [0.5, 0.6) is 0 Å². The lowest BCUT2D eigenvalue weighted by atomic mass is 9.83. The Bertz CT molecular complexity index is 259. The number of hydrogen-bond donors (Lipinski definition) is 1. The summed E-state index contributed by atoms with van der Waals surface area (Å²) in [6, 6.07) is 0.840. The molecule has 90 valence electrons. The van der Waals surface area contributed by atoms with Crippen LogP contribution < -0.4 is 5.32 Å². The van der Waals surface area contributed by atoms with Gasteiger partial charge < -0.3 is 10.1 Å². The fourth-order valence-corrected chi connectivity index (χ4v) is 3.12. The van der Waals surface area contributed by atoms with Crippen molar-refractivity contribution >= 4 is 0 Å².